The Labute approximate surface area is 292 Å². The summed E-state index contributed by atoms with van der Waals surface area (Å²) in [5.74, 6) is -0.609. The smallest absolute Gasteiger partial charge is 0.276 e. The maximum atomic E-state index is 12.2. The lowest BCUT2D eigenvalue weighted by molar-refractivity contribution is -0.276. The van der Waals surface area contributed by atoms with Gasteiger partial charge in [0.15, 0.2) is 6.29 Å². The van der Waals surface area contributed by atoms with E-state index in [1.54, 1.807) is 12.1 Å². The molecule has 0 saturated carbocycles. The molecule has 1 aliphatic rings. The predicted molar refractivity (Wildman–Crippen MR) is 192 cm³/mol. The second kappa shape index (κ2) is 20.9. The number of amides is 1. The molecule has 0 spiro atoms. The number of rotatable bonds is 20. The van der Waals surface area contributed by atoms with Crippen LogP contribution < -0.4 is 5.32 Å². The highest BCUT2D eigenvalue weighted by molar-refractivity contribution is 6.76. The average Bonchev–Trinajstić information content (AvgIpc) is 3.05. The van der Waals surface area contributed by atoms with E-state index in [1.807, 2.05) is 36.4 Å². The van der Waals surface area contributed by atoms with Gasteiger partial charge in [0.2, 0.25) is 0 Å². The molecule has 1 heterocycles. The summed E-state index contributed by atoms with van der Waals surface area (Å²) in [6.07, 6.45) is 14.5. The van der Waals surface area contributed by atoms with Crippen LogP contribution in [0.2, 0.25) is 0 Å². The molecule has 2 aromatic carbocycles. The molecule has 0 unspecified atom stereocenters. The quantitative estimate of drug-likeness (QED) is 0.106. The third-order valence-corrected chi connectivity index (χ3v) is 9.43. The zero-order chi connectivity index (χ0) is 33.4. The number of carbonyl (C=O) groups excluding carboxylic acids is 1. The van der Waals surface area contributed by atoms with Crippen molar-refractivity contribution in [1.82, 2.24) is 4.90 Å². The van der Waals surface area contributed by atoms with Crippen molar-refractivity contribution in [3.63, 3.8) is 0 Å². The fourth-order valence-corrected chi connectivity index (χ4v) is 6.18. The first-order valence-electron chi connectivity index (χ1n) is 17.4. The van der Waals surface area contributed by atoms with Gasteiger partial charge in [-0.2, -0.15) is 0 Å². The van der Waals surface area contributed by atoms with Crippen molar-refractivity contribution in [2.24, 2.45) is 5.92 Å². The highest BCUT2D eigenvalue weighted by Crippen LogP contribution is 2.42. The summed E-state index contributed by atoms with van der Waals surface area (Å²) in [4.78, 5) is 14.8. The van der Waals surface area contributed by atoms with Crippen molar-refractivity contribution in [2.75, 3.05) is 25.0 Å². The van der Waals surface area contributed by atoms with E-state index in [-0.39, 0.29) is 24.7 Å². The number of carbonyl (C=O) groups is 1. The van der Waals surface area contributed by atoms with E-state index >= 15 is 0 Å². The van der Waals surface area contributed by atoms with Crippen molar-refractivity contribution < 1.29 is 19.4 Å². The maximum Gasteiger partial charge on any atom is 0.276 e. The highest BCUT2D eigenvalue weighted by Gasteiger charge is 2.39. The molecular weight excluding hydrogens is 643 g/mol. The van der Waals surface area contributed by atoms with E-state index in [1.165, 1.54) is 77.0 Å². The summed E-state index contributed by atoms with van der Waals surface area (Å²) in [5, 5.41) is 12.2. The zero-order valence-electron chi connectivity index (χ0n) is 28.0. The number of anilines is 1. The Kier molecular flexibility index (Phi) is 17.7. The fraction of sp³-hybridized carbons (Fsp3) is 0.649. The topological polar surface area (TPSA) is 71.0 Å². The van der Waals surface area contributed by atoms with Crippen LogP contribution in [0.25, 0.3) is 0 Å². The minimum Gasteiger partial charge on any atom is -0.392 e. The van der Waals surface area contributed by atoms with Crippen molar-refractivity contribution in [3.8, 4) is 0 Å². The molecule has 0 bridgehead atoms. The molecule has 0 radical (unpaired) electrons. The molecule has 1 fully saturated rings. The van der Waals surface area contributed by atoms with E-state index in [4.69, 9.17) is 44.3 Å². The maximum absolute atomic E-state index is 12.2. The van der Waals surface area contributed by atoms with Crippen molar-refractivity contribution >= 4 is 46.4 Å². The number of alkyl halides is 3. The summed E-state index contributed by atoms with van der Waals surface area (Å²) >= 11 is 17.2. The molecule has 1 saturated heterocycles. The van der Waals surface area contributed by atoms with Crippen LogP contribution in [0.4, 0.5) is 5.69 Å². The van der Waals surface area contributed by atoms with Crippen LogP contribution in [0.5, 0.6) is 0 Å². The van der Waals surface area contributed by atoms with Gasteiger partial charge in [-0.1, -0.05) is 156 Å². The molecule has 1 amide bonds. The summed E-state index contributed by atoms with van der Waals surface area (Å²) < 4.78 is 11.4. The molecule has 6 nitrogen and oxygen atoms in total. The third-order valence-electron chi connectivity index (χ3n) is 8.92. The summed E-state index contributed by atoms with van der Waals surface area (Å²) in [5.41, 5.74) is 3.29. The van der Waals surface area contributed by atoms with Gasteiger partial charge >= 0.3 is 0 Å². The van der Waals surface area contributed by atoms with Crippen LogP contribution in [0, 0.1) is 5.92 Å². The minimum absolute atomic E-state index is 0.00271. The van der Waals surface area contributed by atoms with Crippen molar-refractivity contribution in [2.45, 2.75) is 127 Å². The lowest BCUT2D eigenvalue weighted by atomic mass is 9.90. The van der Waals surface area contributed by atoms with E-state index in [0.29, 0.717) is 5.69 Å². The van der Waals surface area contributed by atoms with Gasteiger partial charge in [-0.15, -0.1) is 0 Å². The zero-order valence-corrected chi connectivity index (χ0v) is 30.3. The van der Waals surface area contributed by atoms with Gasteiger partial charge < -0.3 is 24.8 Å². The van der Waals surface area contributed by atoms with Gasteiger partial charge in [0.25, 0.3) is 9.70 Å². The van der Waals surface area contributed by atoms with E-state index < -0.39 is 16.0 Å². The summed E-state index contributed by atoms with van der Waals surface area (Å²) in [7, 11) is 0. The number of benzene rings is 2. The molecular formula is C37H55Cl3N2O4. The third kappa shape index (κ3) is 13.3. The lowest BCUT2D eigenvalue weighted by Crippen LogP contribution is -2.45. The molecule has 0 aliphatic carbocycles. The molecule has 3 rings (SSSR count). The number of aliphatic hydroxyl groups excluding tert-OH is 1. The number of nitrogens with one attached hydrogen (secondary N) is 1. The SMILES string of the molecule is CCCCCCCCN(CCCCCCCC)C[C@H]1O[C@@H](c2ccc(NC(=O)C(Cl)(Cl)Cl)cc2)O[C@@H](c2ccc(CO)cc2)[C@H]1C. The second-order valence-electron chi connectivity index (χ2n) is 12.7. The van der Waals surface area contributed by atoms with Gasteiger partial charge in [-0.25, -0.2) is 0 Å². The molecule has 1 aliphatic heterocycles. The summed E-state index contributed by atoms with van der Waals surface area (Å²) in [6, 6.07) is 15.3. The van der Waals surface area contributed by atoms with Crippen LogP contribution in [0.1, 0.15) is 127 Å². The summed E-state index contributed by atoms with van der Waals surface area (Å²) in [6.45, 7) is 9.74. The Balaban J connectivity index is 1.77. The van der Waals surface area contributed by atoms with Gasteiger partial charge in [0, 0.05) is 23.7 Å². The van der Waals surface area contributed by atoms with E-state index in [0.717, 1.165) is 36.3 Å². The van der Waals surface area contributed by atoms with Crippen LogP contribution in [0.3, 0.4) is 0 Å². The van der Waals surface area contributed by atoms with Crippen molar-refractivity contribution in [3.05, 3.63) is 65.2 Å². The van der Waals surface area contributed by atoms with Crippen LogP contribution >= 0.6 is 34.8 Å². The van der Waals surface area contributed by atoms with Gasteiger partial charge in [-0.3, -0.25) is 4.79 Å². The first-order valence-corrected chi connectivity index (χ1v) is 18.5. The van der Waals surface area contributed by atoms with E-state index in [2.05, 4.69) is 31.0 Å². The van der Waals surface area contributed by atoms with Crippen LogP contribution in [-0.2, 0) is 20.9 Å². The number of hydrogen-bond acceptors (Lipinski definition) is 5. The molecule has 9 heteroatoms. The predicted octanol–water partition coefficient (Wildman–Crippen LogP) is 10.3. The van der Waals surface area contributed by atoms with Crippen LogP contribution in [0.15, 0.2) is 48.5 Å². The standard InChI is InChI=1S/C37H55Cl3N2O4/c1-4-6-8-10-12-14-24-42(25-15-13-11-9-7-5-2)26-33-28(3)34(30-18-16-29(27-43)17-19-30)46-35(45-33)31-20-22-32(23-21-31)41-36(44)37(38,39)40/h16-23,28,33-35,43H,4-15,24-27H2,1-3H3,(H,41,44)/t28-,33+,34+,35+/m0/s1. The van der Waals surface area contributed by atoms with Crippen molar-refractivity contribution in [1.29, 1.82) is 0 Å². The number of nitrogens with zero attached hydrogens (tertiary/aromatic N) is 1. The molecule has 4 atom stereocenters. The van der Waals surface area contributed by atoms with Gasteiger partial charge in [0.1, 0.15) is 0 Å². The fourth-order valence-electron chi connectivity index (χ4n) is 6.03. The van der Waals surface area contributed by atoms with Gasteiger partial charge in [-0.05, 0) is 49.2 Å². The molecule has 46 heavy (non-hydrogen) atoms. The normalized spacial score (nSPS) is 20.3. The first-order chi connectivity index (χ1) is 22.2. The molecule has 258 valence electrons. The lowest BCUT2D eigenvalue weighted by Gasteiger charge is -2.43. The monoisotopic (exact) mass is 696 g/mol. The first kappa shape index (κ1) is 39.1. The number of unbranched alkanes of at least 4 members (excludes halogenated alkanes) is 10. The Bertz CT molecular complexity index is 1110. The Morgan fingerprint density at radius 1 is 0.783 bits per heavy atom. The number of halogens is 3. The molecule has 0 aromatic heterocycles. The number of aliphatic hydroxyl groups is 1. The van der Waals surface area contributed by atoms with Crippen LogP contribution in [-0.4, -0.2) is 45.4 Å². The Morgan fingerprint density at radius 3 is 1.83 bits per heavy atom. The highest BCUT2D eigenvalue weighted by atomic mass is 35.6. The number of hydrogen-bond donors (Lipinski definition) is 2. The Hall–Kier alpha value is -1.38. The number of ether oxygens (including phenoxy) is 2. The van der Waals surface area contributed by atoms with Gasteiger partial charge in [0.05, 0.1) is 18.8 Å². The molecule has 2 aromatic rings. The second-order valence-corrected chi connectivity index (χ2v) is 15.0. The Morgan fingerprint density at radius 2 is 1.30 bits per heavy atom. The van der Waals surface area contributed by atoms with E-state index in [9.17, 15) is 9.90 Å². The molecule has 2 N–H and O–H groups in total. The largest absolute Gasteiger partial charge is 0.392 e. The minimum atomic E-state index is -2.05. The average molecular weight is 698 g/mol.